The molecule has 2 atom stereocenters. The molecule has 60 heavy (non-hydrogen) atoms. The van der Waals surface area contributed by atoms with E-state index in [0.717, 1.165) is 77.1 Å². The first-order valence-electron chi connectivity index (χ1n) is 21.7. The second-order valence-corrected chi connectivity index (χ2v) is 16.3. The summed E-state index contributed by atoms with van der Waals surface area (Å²) in [6.45, 7) is 2.36. The Labute approximate surface area is 354 Å². The van der Waals surface area contributed by atoms with Crippen LogP contribution in [0.5, 0.6) is 0 Å². The summed E-state index contributed by atoms with van der Waals surface area (Å²) in [5.41, 5.74) is 14.4. The highest BCUT2D eigenvalue weighted by Crippen LogP contribution is 2.41. The molecule has 0 spiro atoms. The maximum Gasteiger partial charge on any atom is 0.160 e. The van der Waals surface area contributed by atoms with Crippen LogP contribution in [0.25, 0.3) is 66.4 Å². The van der Waals surface area contributed by atoms with Crippen LogP contribution in [0, 0.1) is 5.92 Å². The number of rotatable bonds is 7. The van der Waals surface area contributed by atoms with Crippen LogP contribution in [0.1, 0.15) is 63.5 Å². The predicted octanol–water partition coefficient (Wildman–Crippen LogP) is 15.2. The summed E-state index contributed by atoms with van der Waals surface area (Å²) >= 11 is 0. The molecule has 2 aromatic heterocycles. The molecular weight excluding hydrogens is 727 g/mol. The first-order chi connectivity index (χ1) is 29.7. The van der Waals surface area contributed by atoms with Crippen molar-refractivity contribution in [1.29, 1.82) is 0 Å². The number of hydrogen-bond donors (Lipinski definition) is 0. The van der Waals surface area contributed by atoms with E-state index in [1.54, 1.807) is 5.57 Å². The molecule has 7 aromatic rings. The molecule has 0 N–H and O–H groups in total. The van der Waals surface area contributed by atoms with E-state index in [9.17, 15) is 0 Å². The number of allylic oxidation sites excluding steroid dienone is 12. The standard InChI is InChI=1S/C57H49N3/c1-2-39-16-5-3-4-6-23-49(51-26-10-9-24-48(39)51)42-18-13-20-45(34-42)56-37-55(41-31-29-40(30-32-41)47-22-15-33-58-38-47)59-57(60-56)46-21-14-19-43(35-46)54-36-44-17-7-8-25-50(44)52-27-11-12-28-53(52)54/h3-4,7-8,10-15,17-19,21-23,25-39,45H,2,5-6,9,16,20,24H2,1H3/b4-3-,49-23-. The second kappa shape index (κ2) is 16.9. The van der Waals surface area contributed by atoms with Crippen LogP contribution < -0.4 is 0 Å². The summed E-state index contributed by atoms with van der Waals surface area (Å²) in [5, 5.41) is 5.01. The van der Waals surface area contributed by atoms with Gasteiger partial charge in [0, 0.05) is 29.4 Å². The maximum atomic E-state index is 5.46. The molecule has 10 rings (SSSR count). The zero-order valence-electron chi connectivity index (χ0n) is 34.3. The number of benzene rings is 5. The highest BCUT2D eigenvalue weighted by atomic mass is 14.9. The number of aromatic nitrogens is 3. The van der Waals surface area contributed by atoms with Gasteiger partial charge >= 0.3 is 0 Å². The summed E-state index contributed by atoms with van der Waals surface area (Å²) in [7, 11) is 0. The van der Waals surface area contributed by atoms with Crippen LogP contribution in [0.15, 0.2) is 205 Å². The lowest BCUT2D eigenvalue weighted by Gasteiger charge is -2.28. The van der Waals surface area contributed by atoms with Gasteiger partial charge in [-0.15, -0.1) is 0 Å². The van der Waals surface area contributed by atoms with Crippen molar-refractivity contribution >= 4 is 21.5 Å². The minimum atomic E-state index is 0.0956. The number of pyridine rings is 1. The molecule has 3 nitrogen and oxygen atoms in total. The van der Waals surface area contributed by atoms with Crippen molar-refractivity contribution in [2.45, 2.75) is 57.8 Å². The average molecular weight is 776 g/mol. The fraction of sp³-hybridized carbons (Fsp3) is 0.175. The fourth-order valence-corrected chi connectivity index (χ4v) is 9.56. The van der Waals surface area contributed by atoms with Crippen LogP contribution in [-0.4, -0.2) is 15.0 Å². The third-order valence-electron chi connectivity index (χ3n) is 12.7. The Morgan fingerprint density at radius 1 is 0.633 bits per heavy atom. The van der Waals surface area contributed by atoms with Gasteiger partial charge in [-0.25, -0.2) is 9.97 Å². The smallest absolute Gasteiger partial charge is 0.160 e. The third kappa shape index (κ3) is 7.53. The van der Waals surface area contributed by atoms with E-state index in [4.69, 9.17) is 9.97 Å². The third-order valence-corrected chi connectivity index (χ3v) is 12.7. The lowest BCUT2D eigenvalue weighted by atomic mass is 9.77. The Morgan fingerprint density at radius 3 is 2.32 bits per heavy atom. The van der Waals surface area contributed by atoms with Gasteiger partial charge in [-0.2, -0.15) is 0 Å². The van der Waals surface area contributed by atoms with Gasteiger partial charge in [0.1, 0.15) is 0 Å². The van der Waals surface area contributed by atoms with E-state index in [0.29, 0.717) is 5.92 Å². The molecule has 0 bridgehead atoms. The van der Waals surface area contributed by atoms with Gasteiger partial charge < -0.3 is 0 Å². The molecular formula is C57H49N3. The van der Waals surface area contributed by atoms with Crippen LogP contribution in [0.2, 0.25) is 0 Å². The van der Waals surface area contributed by atoms with E-state index >= 15 is 0 Å². The summed E-state index contributed by atoms with van der Waals surface area (Å²) < 4.78 is 0. The molecule has 0 saturated heterocycles. The average Bonchev–Trinajstić information content (AvgIpc) is 3.33. The minimum absolute atomic E-state index is 0.0956. The number of hydrogen-bond acceptors (Lipinski definition) is 3. The zero-order valence-corrected chi connectivity index (χ0v) is 34.3. The van der Waals surface area contributed by atoms with Gasteiger partial charge in [0.05, 0.1) is 11.4 Å². The monoisotopic (exact) mass is 775 g/mol. The Balaban J connectivity index is 1.09. The normalized spacial score (nSPS) is 19.4. The van der Waals surface area contributed by atoms with Crippen molar-refractivity contribution in [2.24, 2.45) is 5.92 Å². The highest BCUT2D eigenvalue weighted by molar-refractivity contribution is 6.13. The molecule has 2 unspecified atom stereocenters. The number of fused-ring (bicyclic) bond motifs is 3. The molecule has 0 amide bonds. The molecule has 0 fully saturated rings. The Hall–Kier alpha value is -6.71. The molecule has 5 aromatic carbocycles. The Morgan fingerprint density at radius 2 is 1.45 bits per heavy atom. The second-order valence-electron chi connectivity index (χ2n) is 16.3. The van der Waals surface area contributed by atoms with E-state index in [1.807, 2.05) is 18.5 Å². The zero-order chi connectivity index (χ0) is 40.3. The summed E-state index contributed by atoms with van der Waals surface area (Å²) in [5.74, 6) is 1.45. The van der Waals surface area contributed by atoms with Gasteiger partial charge in [-0.05, 0) is 136 Å². The lowest BCUT2D eigenvalue weighted by molar-refractivity contribution is 0.524. The van der Waals surface area contributed by atoms with Gasteiger partial charge in [0.15, 0.2) is 5.82 Å². The highest BCUT2D eigenvalue weighted by Gasteiger charge is 2.24. The van der Waals surface area contributed by atoms with Gasteiger partial charge in [-0.3, -0.25) is 4.98 Å². The lowest BCUT2D eigenvalue weighted by Crippen LogP contribution is -2.12. The maximum absolute atomic E-state index is 5.46. The number of nitrogens with zero attached hydrogens (tertiary/aromatic N) is 3. The van der Waals surface area contributed by atoms with Crippen LogP contribution in [0.3, 0.4) is 0 Å². The first-order valence-corrected chi connectivity index (χ1v) is 21.7. The van der Waals surface area contributed by atoms with Crippen LogP contribution in [-0.2, 0) is 0 Å². The van der Waals surface area contributed by atoms with Crippen molar-refractivity contribution in [3.63, 3.8) is 0 Å². The van der Waals surface area contributed by atoms with Crippen molar-refractivity contribution < 1.29 is 0 Å². The van der Waals surface area contributed by atoms with Gasteiger partial charge in [-0.1, -0.05) is 158 Å². The first kappa shape index (κ1) is 37.6. The van der Waals surface area contributed by atoms with Gasteiger partial charge in [0.2, 0.25) is 0 Å². The van der Waals surface area contributed by atoms with Crippen molar-refractivity contribution in [2.75, 3.05) is 0 Å². The van der Waals surface area contributed by atoms with Gasteiger partial charge in [0.25, 0.3) is 0 Å². The molecule has 0 aliphatic heterocycles. The SMILES string of the molecule is CCC1CC/C=C\C/C=C(/C2=CC(c3cc(-c4ccc(-c5cccnc5)cc4)nc(-c4cccc(-c5cc6ccccc6c6ccccc56)c4)n3)CC=C2)C2=C1CCC=C2. The molecule has 292 valence electrons. The molecule has 2 heterocycles. The van der Waals surface area contributed by atoms with Crippen molar-refractivity contribution in [3.8, 4) is 44.9 Å². The predicted molar refractivity (Wildman–Crippen MR) is 251 cm³/mol. The molecule has 0 radical (unpaired) electrons. The van der Waals surface area contributed by atoms with Crippen molar-refractivity contribution in [1.82, 2.24) is 15.0 Å². The van der Waals surface area contributed by atoms with E-state index in [2.05, 4.69) is 176 Å². The summed E-state index contributed by atoms with van der Waals surface area (Å²) in [6, 6.07) is 43.6. The Bertz CT molecular complexity index is 2900. The molecule has 0 saturated carbocycles. The molecule has 3 aliphatic rings. The van der Waals surface area contributed by atoms with E-state index < -0.39 is 0 Å². The summed E-state index contributed by atoms with van der Waals surface area (Å²) in [4.78, 5) is 15.2. The van der Waals surface area contributed by atoms with E-state index in [1.165, 1.54) is 56.7 Å². The topological polar surface area (TPSA) is 38.7 Å². The van der Waals surface area contributed by atoms with Crippen molar-refractivity contribution in [3.05, 3.63) is 210 Å². The molecule has 3 aliphatic carbocycles. The summed E-state index contributed by atoms with van der Waals surface area (Å²) in [6.07, 6.45) is 30.6. The quantitative estimate of drug-likeness (QED) is 0.120. The largest absolute Gasteiger partial charge is 0.264 e. The Kier molecular flexibility index (Phi) is 10.6. The van der Waals surface area contributed by atoms with E-state index in [-0.39, 0.29) is 5.92 Å². The fourth-order valence-electron chi connectivity index (χ4n) is 9.56. The minimum Gasteiger partial charge on any atom is -0.264 e. The van der Waals surface area contributed by atoms with Crippen LogP contribution in [0.4, 0.5) is 0 Å². The van der Waals surface area contributed by atoms with Crippen LogP contribution >= 0.6 is 0 Å². The molecule has 3 heteroatoms.